The van der Waals surface area contributed by atoms with Crippen LogP contribution in [0.25, 0.3) is 0 Å². The van der Waals surface area contributed by atoms with Gasteiger partial charge in [-0.05, 0) is 48.1 Å². The molecule has 0 radical (unpaired) electrons. The van der Waals surface area contributed by atoms with Crippen LogP contribution < -0.4 is 5.32 Å². The van der Waals surface area contributed by atoms with E-state index in [1.54, 1.807) is 6.20 Å². The zero-order chi connectivity index (χ0) is 17.8. The van der Waals surface area contributed by atoms with Gasteiger partial charge in [-0.1, -0.05) is 12.1 Å². The number of thiophene rings is 1. The fourth-order valence-corrected chi connectivity index (χ4v) is 4.13. The van der Waals surface area contributed by atoms with Crippen molar-refractivity contribution in [3.05, 3.63) is 70.8 Å². The molecule has 0 fully saturated rings. The Hall–Kier alpha value is -2.60. The molecule has 0 spiro atoms. The number of hydrogen-bond donors (Lipinski definition) is 1. The minimum Gasteiger partial charge on any atom is -0.370 e. The van der Waals surface area contributed by atoms with Gasteiger partial charge < -0.3 is 14.8 Å². The Bertz CT molecular complexity index is 844. The maximum absolute atomic E-state index is 12.9. The van der Waals surface area contributed by atoms with Gasteiger partial charge in [-0.15, -0.1) is 11.3 Å². The Labute approximate surface area is 157 Å². The van der Waals surface area contributed by atoms with E-state index in [1.165, 1.54) is 17.0 Å². The number of carbonyl (C=O) groups excluding carboxylic acids is 1. The van der Waals surface area contributed by atoms with Crippen LogP contribution >= 0.6 is 11.3 Å². The average molecular weight is 366 g/mol. The zero-order valence-corrected chi connectivity index (χ0v) is 15.4. The first-order chi connectivity index (χ1) is 12.8. The minimum absolute atomic E-state index is 0.136. The van der Waals surface area contributed by atoms with Gasteiger partial charge >= 0.3 is 0 Å². The summed E-state index contributed by atoms with van der Waals surface area (Å²) in [7, 11) is 0. The van der Waals surface area contributed by atoms with Crippen LogP contribution in [0.15, 0.2) is 60.2 Å². The molecule has 0 saturated heterocycles. The van der Waals surface area contributed by atoms with Crippen molar-refractivity contribution in [1.29, 1.82) is 0 Å². The number of aromatic nitrogens is 2. The lowest BCUT2D eigenvalue weighted by Gasteiger charge is -2.24. The first-order valence-electron chi connectivity index (χ1n) is 8.91. The lowest BCUT2D eigenvalue weighted by Crippen LogP contribution is -2.34. The molecule has 1 atom stereocenters. The number of anilines is 1. The number of rotatable bonds is 5. The van der Waals surface area contributed by atoms with Gasteiger partial charge in [0.05, 0.1) is 11.4 Å². The molecule has 0 saturated carbocycles. The van der Waals surface area contributed by atoms with E-state index in [2.05, 4.69) is 33.2 Å². The summed E-state index contributed by atoms with van der Waals surface area (Å²) >= 11 is 1.51. The van der Waals surface area contributed by atoms with E-state index in [1.807, 2.05) is 40.6 Å². The zero-order valence-electron chi connectivity index (χ0n) is 14.5. The Morgan fingerprint density at radius 1 is 1.19 bits per heavy atom. The highest BCUT2D eigenvalue weighted by Crippen LogP contribution is 2.22. The van der Waals surface area contributed by atoms with Gasteiger partial charge in [0.1, 0.15) is 5.82 Å². The molecule has 0 bridgehead atoms. The summed E-state index contributed by atoms with van der Waals surface area (Å²) in [6.07, 6.45) is 4.90. The quantitative estimate of drug-likeness (QED) is 0.749. The van der Waals surface area contributed by atoms with E-state index in [4.69, 9.17) is 0 Å². The molecule has 26 heavy (non-hydrogen) atoms. The van der Waals surface area contributed by atoms with Crippen molar-refractivity contribution in [1.82, 2.24) is 14.5 Å². The van der Waals surface area contributed by atoms with Crippen LogP contribution in [0.5, 0.6) is 0 Å². The third kappa shape index (κ3) is 3.80. The van der Waals surface area contributed by atoms with Crippen molar-refractivity contribution < 1.29 is 4.79 Å². The average Bonchev–Trinajstić information content (AvgIpc) is 3.31. The van der Waals surface area contributed by atoms with Gasteiger partial charge in [-0.2, -0.15) is 0 Å². The fraction of sp³-hybridized carbons (Fsp3) is 0.300. The largest absolute Gasteiger partial charge is 0.370 e. The summed E-state index contributed by atoms with van der Waals surface area (Å²) in [6, 6.07) is 13.9. The summed E-state index contributed by atoms with van der Waals surface area (Å²) in [6.45, 7) is 3.25. The van der Waals surface area contributed by atoms with E-state index < -0.39 is 0 Å². The van der Waals surface area contributed by atoms with Crippen molar-refractivity contribution in [2.24, 2.45) is 5.92 Å². The maximum Gasteiger partial charge on any atom is 0.264 e. The van der Waals surface area contributed by atoms with E-state index in [0.29, 0.717) is 12.5 Å². The number of hydrogen-bond acceptors (Lipinski definition) is 4. The van der Waals surface area contributed by atoms with Crippen molar-refractivity contribution in [2.75, 3.05) is 18.4 Å². The normalized spacial score (nSPS) is 16.8. The molecule has 1 amide bonds. The summed E-state index contributed by atoms with van der Waals surface area (Å²) in [5.74, 6) is 1.44. The summed E-state index contributed by atoms with van der Waals surface area (Å²) in [5.41, 5.74) is 1.20. The van der Waals surface area contributed by atoms with Crippen molar-refractivity contribution in [3.63, 3.8) is 0 Å². The molecule has 1 N–H and O–H groups in total. The molecule has 5 nitrogen and oxygen atoms in total. The predicted octanol–water partition coefficient (Wildman–Crippen LogP) is 3.72. The van der Waals surface area contributed by atoms with Crippen LogP contribution in [0.2, 0.25) is 0 Å². The molecule has 6 heteroatoms. The molecule has 0 aliphatic carbocycles. The molecule has 1 unspecified atom stereocenters. The summed E-state index contributed by atoms with van der Waals surface area (Å²) in [5, 5.41) is 5.34. The van der Waals surface area contributed by atoms with Crippen LogP contribution in [-0.2, 0) is 13.1 Å². The Balaban J connectivity index is 1.45. The Kier molecular flexibility index (Phi) is 5.02. The third-order valence-corrected chi connectivity index (χ3v) is 5.61. The molecule has 3 aromatic heterocycles. The Morgan fingerprint density at radius 2 is 2.15 bits per heavy atom. The predicted molar refractivity (Wildman–Crippen MR) is 104 cm³/mol. The van der Waals surface area contributed by atoms with Crippen LogP contribution in [0, 0.1) is 5.92 Å². The lowest BCUT2D eigenvalue weighted by atomic mass is 10.0. The summed E-state index contributed by atoms with van der Waals surface area (Å²) < 4.78 is 2.28. The van der Waals surface area contributed by atoms with Gasteiger partial charge in [0.2, 0.25) is 0 Å². The minimum atomic E-state index is 0.136. The Morgan fingerprint density at radius 3 is 2.96 bits per heavy atom. The van der Waals surface area contributed by atoms with Gasteiger partial charge in [0, 0.05) is 37.7 Å². The molecular weight excluding hydrogens is 344 g/mol. The van der Waals surface area contributed by atoms with Gasteiger partial charge in [-0.25, -0.2) is 4.98 Å². The van der Waals surface area contributed by atoms with E-state index >= 15 is 0 Å². The van der Waals surface area contributed by atoms with Crippen LogP contribution in [-0.4, -0.2) is 33.4 Å². The number of nitrogens with zero attached hydrogens (tertiary/aromatic N) is 3. The monoisotopic (exact) mass is 366 g/mol. The van der Waals surface area contributed by atoms with E-state index in [0.717, 1.165) is 36.8 Å². The second kappa shape index (κ2) is 7.74. The van der Waals surface area contributed by atoms with Gasteiger partial charge in [0.25, 0.3) is 5.91 Å². The van der Waals surface area contributed by atoms with Crippen LogP contribution in [0.1, 0.15) is 21.8 Å². The summed E-state index contributed by atoms with van der Waals surface area (Å²) in [4.78, 5) is 20.0. The van der Waals surface area contributed by atoms with Crippen molar-refractivity contribution in [2.45, 2.75) is 19.5 Å². The number of amides is 1. The molecule has 4 rings (SSSR count). The smallest absolute Gasteiger partial charge is 0.264 e. The number of carbonyl (C=O) groups is 1. The SMILES string of the molecule is O=C(c1cccs1)N1Cc2cccn2CC(CCNc2ccccn2)C1. The number of nitrogens with one attached hydrogen (secondary N) is 1. The third-order valence-electron chi connectivity index (χ3n) is 4.75. The molecular formula is C20H22N4OS. The first kappa shape index (κ1) is 16.8. The van der Waals surface area contributed by atoms with Crippen LogP contribution in [0.4, 0.5) is 5.82 Å². The molecule has 134 valence electrons. The standard InChI is InChI=1S/C20H22N4OS/c25-20(18-6-4-12-26-18)24-14-16(13-23-11-3-5-17(23)15-24)8-10-22-19-7-1-2-9-21-19/h1-7,9,11-12,16H,8,10,13-15H2,(H,21,22). The second-order valence-electron chi connectivity index (χ2n) is 6.61. The highest BCUT2D eigenvalue weighted by molar-refractivity contribution is 7.12. The molecule has 3 aromatic rings. The van der Waals surface area contributed by atoms with E-state index in [9.17, 15) is 4.79 Å². The van der Waals surface area contributed by atoms with Gasteiger partial charge in [-0.3, -0.25) is 4.79 Å². The molecule has 1 aliphatic heterocycles. The first-order valence-corrected chi connectivity index (χ1v) is 9.79. The molecule has 1 aliphatic rings. The molecule has 4 heterocycles. The number of pyridine rings is 1. The number of fused-ring (bicyclic) bond motifs is 1. The highest BCUT2D eigenvalue weighted by atomic mass is 32.1. The molecule has 0 aromatic carbocycles. The maximum atomic E-state index is 12.9. The van der Waals surface area contributed by atoms with Crippen molar-refractivity contribution >= 4 is 23.1 Å². The second-order valence-corrected chi connectivity index (χ2v) is 7.56. The van der Waals surface area contributed by atoms with Gasteiger partial charge in [0.15, 0.2) is 0 Å². The van der Waals surface area contributed by atoms with E-state index in [-0.39, 0.29) is 5.91 Å². The van der Waals surface area contributed by atoms with Crippen molar-refractivity contribution in [3.8, 4) is 0 Å². The van der Waals surface area contributed by atoms with Crippen LogP contribution in [0.3, 0.4) is 0 Å². The lowest BCUT2D eigenvalue weighted by molar-refractivity contribution is 0.0724. The topological polar surface area (TPSA) is 50.2 Å². The fourth-order valence-electron chi connectivity index (χ4n) is 3.44. The highest BCUT2D eigenvalue weighted by Gasteiger charge is 2.25.